The number of aliphatic hydroxyl groups is 1. The van der Waals surface area contributed by atoms with Crippen molar-refractivity contribution in [2.45, 2.75) is 18.8 Å². The number of carbonyl (C=O) groups excluding carboxylic acids is 1. The monoisotopic (exact) mass is 304 g/mol. The number of carbonyl (C=O) groups is 1. The predicted molar refractivity (Wildman–Crippen MR) is 66.1 cm³/mol. The van der Waals surface area contributed by atoms with E-state index >= 15 is 0 Å². The van der Waals surface area contributed by atoms with Crippen LogP contribution in [0.1, 0.15) is 22.3 Å². The molecule has 2 N–H and O–H groups in total. The Bertz CT molecular complexity index is 553. The summed E-state index contributed by atoms with van der Waals surface area (Å²) in [4.78, 5) is 15.3. The molecule has 0 bridgehead atoms. The first kappa shape index (κ1) is 16.9. The molecule has 1 aromatic rings. The normalized spacial score (nSPS) is 11.0. The number of nitrogens with one attached hydrogen (secondary N) is 1. The summed E-state index contributed by atoms with van der Waals surface area (Å²) in [5, 5.41) is 10.3. The van der Waals surface area contributed by atoms with E-state index in [1.807, 2.05) is 0 Å². The maximum Gasteiger partial charge on any atom is 0.324 e. The van der Waals surface area contributed by atoms with Gasteiger partial charge in [0.25, 0.3) is 5.91 Å². The quantitative estimate of drug-likeness (QED) is 0.639. The fourth-order valence-corrected chi connectivity index (χ4v) is 1.23. The van der Waals surface area contributed by atoms with Gasteiger partial charge in [-0.05, 0) is 6.07 Å². The van der Waals surface area contributed by atoms with Crippen molar-refractivity contribution in [1.29, 1.82) is 0 Å². The minimum absolute atomic E-state index is 0.0733. The third kappa shape index (κ3) is 5.39. The Labute approximate surface area is 118 Å². The third-order valence-corrected chi connectivity index (χ3v) is 2.27. The van der Waals surface area contributed by atoms with Crippen LogP contribution >= 0.6 is 0 Å². The topological polar surface area (TPSA) is 62.2 Å². The zero-order valence-electron chi connectivity index (χ0n) is 10.7. The van der Waals surface area contributed by atoms with Crippen LogP contribution < -0.4 is 5.32 Å². The molecule has 0 fully saturated rings. The van der Waals surface area contributed by atoms with Crippen LogP contribution in [0.4, 0.5) is 17.6 Å². The number of alkyl halides is 4. The Balaban J connectivity index is 2.71. The van der Waals surface area contributed by atoms with Gasteiger partial charge >= 0.3 is 12.3 Å². The number of amides is 1. The molecule has 0 saturated heterocycles. The number of hydrogen-bond acceptors (Lipinski definition) is 3. The number of halogens is 4. The van der Waals surface area contributed by atoms with Crippen LogP contribution in [0.25, 0.3) is 0 Å². The molecule has 1 amide bonds. The molecule has 8 heteroatoms. The maximum absolute atomic E-state index is 12.7. The van der Waals surface area contributed by atoms with Gasteiger partial charge in [0.2, 0.25) is 0 Å². The average molecular weight is 304 g/mol. The van der Waals surface area contributed by atoms with Gasteiger partial charge in [0, 0.05) is 24.4 Å². The number of hydrogen-bond donors (Lipinski definition) is 2. The van der Waals surface area contributed by atoms with E-state index in [0.717, 1.165) is 6.20 Å². The van der Waals surface area contributed by atoms with Gasteiger partial charge in [0.15, 0.2) is 0 Å². The molecule has 0 aliphatic rings. The number of aliphatic hydroxyl groups excluding tert-OH is 1. The zero-order chi connectivity index (χ0) is 15.9. The summed E-state index contributed by atoms with van der Waals surface area (Å²) in [6.45, 7) is -1.59. The lowest BCUT2D eigenvalue weighted by Gasteiger charge is -2.15. The maximum atomic E-state index is 12.7. The Morgan fingerprint density at radius 2 is 2.14 bits per heavy atom. The first-order valence-corrected chi connectivity index (χ1v) is 5.86. The standard InChI is InChI=1S/C13H12F4N2O2/c14-12(15)13(16,17)8-19-11(21)10-5-9(6-18-7-10)3-1-2-4-20/h5-7,12,20H,2,4,8H2,(H,19,21). The van der Waals surface area contributed by atoms with Crippen molar-refractivity contribution in [3.8, 4) is 11.8 Å². The molecule has 1 aromatic heterocycles. The number of aromatic nitrogens is 1. The molecule has 21 heavy (non-hydrogen) atoms. The Morgan fingerprint density at radius 1 is 1.43 bits per heavy atom. The molecule has 4 nitrogen and oxygen atoms in total. The largest absolute Gasteiger partial charge is 0.395 e. The lowest BCUT2D eigenvalue weighted by atomic mass is 10.2. The fraction of sp³-hybridized carbons (Fsp3) is 0.385. The van der Waals surface area contributed by atoms with Gasteiger partial charge in [-0.1, -0.05) is 11.8 Å². The predicted octanol–water partition coefficient (Wildman–Crippen LogP) is 1.45. The van der Waals surface area contributed by atoms with Crippen molar-refractivity contribution in [3.05, 3.63) is 29.6 Å². The molecule has 0 unspecified atom stereocenters. The number of pyridine rings is 1. The molecule has 0 aromatic carbocycles. The molecule has 1 rings (SSSR count). The van der Waals surface area contributed by atoms with E-state index in [1.165, 1.54) is 12.3 Å². The molecule has 0 aliphatic heterocycles. The first-order valence-electron chi connectivity index (χ1n) is 5.86. The third-order valence-electron chi connectivity index (χ3n) is 2.27. The average Bonchev–Trinajstić information content (AvgIpc) is 2.45. The van der Waals surface area contributed by atoms with Gasteiger partial charge in [-0.3, -0.25) is 9.78 Å². The summed E-state index contributed by atoms with van der Waals surface area (Å²) in [6.07, 6.45) is -1.18. The van der Waals surface area contributed by atoms with Crippen molar-refractivity contribution < 1.29 is 27.5 Å². The summed E-state index contributed by atoms with van der Waals surface area (Å²) < 4.78 is 49.3. The molecule has 0 saturated carbocycles. The summed E-state index contributed by atoms with van der Waals surface area (Å²) >= 11 is 0. The summed E-state index contributed by atoms with van der Waals surface area (Å²) in [6, 6.07) is 1.28. The van der Waals surface area contributed by atoms with Gasteiger partial charge < -0.3 is 10.4 Å². The van der Waals surface area contributed by atoms with E-state index in [-0.39, 0.29) is 18.6 Å². The Hall–Kier alpha value is -2.14. The molecule has 0 aliphatic carbocycles. The van der Waals surface area contributed by atoms with Crippen LogP contribution in [-0.2, 0) is 0 Å². The van der Waals surface area contributed by atoms with Gasteiger partial charge in [-0.15, -0.1) is 0 Å². The van der Waals surface area contributed by atoms with E-state index in [2.05, 4.69) is 16.8 Å². The minimum atomic E-state index is -4.29. The summed E-state index contributed by atoms with van der Waals surface area (Å²) in [5.74, 6) is -0.0318. The van der Waals surface area contributed by atoms with Crippen molar-refractivity contribution >= 4 is 5.91 Å². The van der Waals surface area contributed by atoms with E-state index in [9.17, 15) is 22.4 Å². The second-order valence-corrected chi connectivity index (χ2v) is 3.98. The highest BCUT2D eigenvalue weighted by Gasteiger charge is 2.40. The highest BCUT2D eigenvalue weighted by atomic mass is 19.3. The molecule has 0 radical (unpaired) electrons. The van der Waals surface area contributed by atoms with E-state index in [4.69, 9.17) is 5.11 Å². The number of rotatable bonds is 5. The second kappa shape index (κ2) is 7.59. The molecule has 1 heterocycles. The zero-order valence-corrected chi connectivity index (χ0v) is 10.7. The van der Waals surface area contributed by atoms with Gasteiger partial charge in [-0.2, -0.15) is 8.78 Å². The molecule has 0 spiro atoms. The Kier molecular flexibility index (Phi) is 6.11. The van der Waals surface area contributed by atoms with Crippen LogP contribution in [0.2, 0.25) is 0 Å². The summed E-state index contributed by atoms with van der Waals surface area (Å²) in [5.41, 5.74) is 0.271. The highest BCUT2D eigenvalue weighted by molar-refractivity contribution is 5.94. The molecule has 0 atom stereocenters. The van der Waals surface area contributed by atoms with Gasteiger partial charge in [0.05, 0.1) is 18.7 Å². The minimum Gasteiger partial charge on any atom is -0.395 e. The second-order valence-electron chi connectivity index (χ2n) is 3.98. The SMILES string of the molecule is O=C(NCC(F)(F)C(F)F)c1cncc(C#CCCO)c1. The van der Waals surface area contributed by atoms with Crippen LogP contribution in [0, 0.1) is 11.8 Å². The van der Waals surface area contributed by atoms with Crippen LogP contribution in [0.3, 0.4) is 0 Å². The highest BCUT2D eigenvalue weighted by Crippen LogP contribution is 2.21. The van der Waals surface area contributed by atoms with E-state index < -0.39 is 24.8 Å². The van der Waals surface area contributed by atoms with Crippen LogP contribution in [0.5, 0.6) is 0 Å². The van der Waals surface area contributed by atoms with Gasteiger partial charge in [-0.25, -0.2) is 8.78 Å². The van der Waals surface area contributed by atoms with E-state index in [0.29, 0.717) is 5.56 Å². The van der Waals surface area contributed by atoms with Crippen molar-refractivity contribution in [2.75, 3.05) is 13.2 Å². The van der Waals surface area contributed by atoms with E-state index in [1.54, 1.807) is 5.32 Å². The lowest BCUT2D eigenvalue weighted by Crippen LogP contribution is -2.41. The molecule has 114 valence electrons. The fourth-order valence-electron chi connectivity index (χ4n) is 1.23. The van der Waals surface area contributed by atoms with Crippen molar-refractivity contribution in [2.24, 2.45) is 0 Å². The Morgan fingerprint density at radius 3 is 2.76 bits per heavy atom. The van der Waals surface area contributed by atoms with Crippen molar-refractivity contribution in [3.63, 3.8) is 0 Å². The van der Waals surface area contributed by atoms with Gasteiger partial charge in [0.1, 0.15) is 0 Å². The molecular weight excluding hydrogens is 292 g/mol. The summed E-state index contributed by atoms with van der Waals surface area (Å²) in [7, 11) is 0. The van der Waals surface area contributed by atoms with Crippen LogP contribution in [0.15, 0.2) is 18.5 Å². The van der Waals surface area contributed by atoms with Crippen LogP contribution in [-0.4, -0.2) is 41.5 Å². The molecular formula is C13H12F4N2O2. The number of nitrogens with zero attached hydrogens (tertiary/aromatic N) is 1. The first-order chi connectivity index (χ1) is 9.86. The van der Waals surface area contributed by atoms with Crippen molar-refractivity contribution in [1.82, 2.24) is 10.3 Å². The smallest absolute Gasteiger partial charge is 0.324 e. The lowest BCUT2D eigenvalue weighted by molar-refractivity contribution is -0.123.